The standard InChI is InChI=1S/C42H49N7O6S/c1-28-29(2)41(51)46(3)25-34(28)31-21-37(53-4)35(38(22-31)54-5)26-47-14-16-48(17-15-47)27-39(50)44-11-18-55-33-9-6-8-30(20-33)36-10-7-13-49(36)42(52)32(24-43)23-40-45-12-19-56-40/h6,8-9,12,19-23,25,36H,7,10-11,13-18,26-27H2,1-5H3,(H,44,50)/b32-23+. The molecule has 2 amide bonds. The summed E-state index contributed by atoms with van der Waals surface area (Å²) in [6.07, 6.45) is 6.69. The molecule has 4 heterocycles. The number of methoxy groups -OCH3 is 2. The first-order chi connectivity index (χ1) is 27.1. The zero-order chi connectivity index (χ0) is 39.8. The molecule has 4 aromatic rings. The Labute approximate surface area is 331 Å². The van der Waals surface area contributed by atoms with Crippen LogP contribution in [-0.2, 0) is 23.2 Å². The number of hydrogen-bond acceptors (Lipinski definition) is 11. The number of hydrogen-bond donors (Lipinski definition) is 1. The molecule has 13 nitrogen and oxygen atoms in total. The minimum atomic E-state index is -0.295. The van der Waals surface area contributed by atoms with E-state index in [0.29, 0.717) is 49.1 Å². The van der Waals surface area contributed by atoms with E-state index in [1.54, 1.807) is 43.0 Å². The maximum atomic E-state index is 13.3. The van der Waals surface area contributed by atoms with Crippen LogP contribution in [0.2, 0.25) is 0 Å². The van der Waals surface area contributed by atoms with Gasteiger partial charge in [-0.15, -0.1) is 11.3 Å². The number of aryl methyl sites for hydroxylation is 1. The van der Waals surface area contributed by atoms with E-state index in [9.17, 15) is 19.6 Å². The number of likely N-dealkylation sites (tertiary alicyclic amines) is 1. The molecule has 2 aliphatic heterocycles. The lowest BCUT2D eigenvalue weighted by Crippen LogP contribution is -2.49. The summed E-state index contributed by atoms with van der Waals surface area (Å²) in [6.45, 7) is 9.03. The number of piperazine rings is 1. The van der Waals surface area contributed by atoms with Crippen molar-refractivity contribution in [2.45, 2.75) is 39.3 Å². The first-order valence-corrected chi connectivity index (χ1v) is 19.7. The Kier molecular flexibility index (Phi) is 13.2. The normalized spacial score (nSPS) is 16.4. The van der Waals surface area contributed by atoms with Crippen LogP contribution in [0.5, 0.6) is 17.2 Å². The highest BCUT2D eigenvalue weighted by Gasteiger charge is 2.32. The number of nitrogens with zero attached hydrogens (tertiary/aromatic N) is 6. The van der Waals surface area contributed by atoms with Crippen LogP contribution in [0.1, 0.15) is 46.1 Å². The third-order valence-electron chi connectivity index (χ3n) is 10.6. The molecule has 294 valence electrons. The summed E-state index contributed by atoms with van der Waals surface area (Å²) >= 11 is 1.38. The van der Waals surface area contributed by atoms with Crippen molar-refractivity contribution < 1.29 is 23.8 Å². The summed E-state index contributed by atoms with van der Waals surface area (Å²) < 4.78 is 19.3. The number of carbonyl (C=O) groups is 2. The second-order valence-electron chi connectivity index (χ2n) is 14.1. The summed E-state index contributed by atoms with van der Waals surface area (Å²) in [5.74, 6) is 1.75. The quantitative estimate of drug-likeness (QED) is 0.109. The van der Waals surface area contributed by atoms with Gasteiger partial charge in [-0.05, 0) is 73.7 Å². The maximum absolute atomic E-state index is 13.3. The lowest BCUT2D eigenvalue weighted by atomic mass is 9.97. The van der Waals surface area contributed by atoms with Crippen LogP contribution < -0.4 is 25.1 Å². The largest absolute Gasteiger partial charge is 0.496 e. The fraction of sp³-hybridized carbons (Fsp3) is 0.405. The summed E-state index contributed by atoms with van der Waals surface area (Å²) in [5, 5.41) is 15.1. The first-order valence-electron chi connectivity index (χ1n) is 18.8. The fourth-order valence-electron chi connectivity index (χ4n) is 7.40. The van der Waals surface area contributed by atoms with Gasteiger partial charge in [0.1, 0.15) is 40.5 Å². The third kappa shape index (κ3) is 9.30. The fourth-order valence-corrected chi connectivity index (χ4v) is 7.97. The van der Waals surface area contributed by atoms with Crippen molar-refractivity contribution in [3.05, 3.63) is 97.4 Å². The number of carbonyl (C=O) groups excluding carboxylic acids is 2. The van der Waals surface area contributed by atoms with E-state index in [1.807, 2.05) is 61.8 Å². The smallest absolute Gasteiger partial charge is 0.265 e. The van der Waals surface area contributed by atoms with Gasteiger partial charge in [-0.2, -0.15) is 5.26 Å². The molecule has 1 N–H and O–H groups in total. The molecule has 2 aromatic heterocycles. The summed E-state index contributed by atoms with van der Waals surface area (Å²) in [5.41, 5.74) is 5.48. The second kappa shape index (κ2) is 18.4. The molecular formula is C42H49N7O6S. The van der Waals surface area contributed by atoms with Crippen LogP contribution in [0.15, 0.2) is 64.5 Å². The van der Waals surface area contributed by atoms with Crippen LogP contribution in [0, 0.1) is 25.2 Å². The van der Waals surface area contributed by atoms with Crippen LogP contribution >= 0.6 is 11.3 Å². The van der Waals surface area contributed by atoms with Gasteiger partial charge < -0.3 is 29.0 Å². The van der Waals surface area contributed by atoms with Crippen molar-refractivity contribution in [1.82, 2.24) is 29.6 Å². The molecule has 0 saturated carbocycles. The monoisotopic (exact) mass is 779 g/mol. The lowest BCUT2D eigenvalue weighted by Gasteiger charge is -2.34. The maximum Gasteiger partial charge on any atom is 0.265 e. The van der Waals surface area contributed by atoms with Gasteiger partial charge in [-0.1, -0.05) is 12.1 Å². The summed E-state index contributed by atoms with van der Waals surface area (Å²) in [6, 6.07) is 13.6. The van der Waals surface area contributed by atoms with E-state index in [-0.39, 0.29) is 29.0 Å². The molecule has 2 aliphatic rings. The second-order valence-corrected chi connectivity index (χ2v) is 15.0. The van der Waals surface area contributed by atoms with Gasteiger partial charge in [0.2, 0.25) is 5.91 Å². The number of ether oxygens (including phenoxy) is 3. The summed E-state index contributed by atoms with van der Waals surface area (Å²) in [7, 11) is 5.08. The zero-order valence-corrected chi connectivity index (χ0v) is 33.5. The van der Waals surface area contributed by atoms with E-state index < -0.39 is 0 Å². The van der Waals surface area contributed by atoms with Crippen molar-refractivity contribution in [3.63, 3.8) is 0 Å². The molecule has 0 spiro atoms. The number of amides is 2. The SMILES string of the molecule is COc1cc(-c2cn(C)c(=O)c(C)c2C)cc(OC)c1CN1CCN(CC(=O)NCCOc2cccc(C3CCCN3C(=O)/C(C#N)=C/c3nccs3)c2)CC1. The van der Waals surface area contributed by atoms with Crippen LogP contribution in [-0.4, -0.2) is 103 Å². The number of thiazole rings is 1. The van der Waals surface area contributed by atoms with Gasteiger partial charge >= 0.3 is 0 Å². The van der Waals surface area contributed by atoms with E-state index in [1.165, 1.54) is 11.3 Å². The Morgan fingerprint density at radius 2 is 1.77 bits per heavy atom. The Balaban J connectivity index is 0.963. The van der Waals surface area contributed by atoms with Crippen LogP contribution in [0.25, 0.3) is 17.2 Å². The Hall–Kier alpha value is -5.49. The Morgan fingerprint density at radius 3 is 2.45 bits per heavy atom. The molecule has 56 heavy (non-hydrogen) atoms. The molecular weight excluding hydrogens is 731 g/mol. The molecule has 0 bridgehead atoms. The van der Waals surface area contributed by atoms with Gasteiger partial charge in [0.05, 0.1) is 38.9 Å². The van der Waals surface area contributed by atoms with Gasteiger partial charge in [-0.25, -0.2) is 4.98 Å². The van der Waals surface area contributed by atoms with Crippen molar-refractivity contribution in [2.24, 2.45) is 7.05 Å². The predicted octanol–water partition coefficient (Wildman–Crippen LogP) is 4.73. The number of rotatable bonds is 14. The number of nitrogens with one attached hydrogen (secondary N) is 1. The highest BCUT2D eigenvalue weighted by atomic mass is 32.1. The Bertz CT molecular complexity index is 2140. The van der Waals surface area contributed by atoms with Crippen molar-refractivity contribution >= 4 is 29.2 Å². The topological polar surface area (TPSA) is 142 Å². The molecule has 0 aliphatic carbocycles. The molecule has 14 heteroatoms. The summed E-state index contributed by atoms with van der Waals surface area (Å²) in [4.78, 5) is 49.1. The van der Waals surface area contributed by atoms with E-state index in [0.717, 1.165) is 78.3 Å². The van der Waals surface area contributed by atoms with Gasteiger partial charge in [0.25, 0.3) is 11.5 Å². The number of pyridine rings is 1. The predicted molar refractivity (Wildman–Crippen MR) is 216 cm³/mol. The number of benzene rings is 2. The van der Waals surface area contributed by atoms with Gasteiger partial charge in [0, 0.05) is 75.2 Å². The van der Waals surface area contributed by atoms with Crippen molar-refractivity contribution in [3.8, 4) is 34.4 Å². The number of aromatic nitrogens is 2. The molecule has 1 atom stereocenters. The van der Waals surface area contributed by atoms with E-state index in [2.05, 4.69) is 26.2 Å². The molecule has 1 unspecified atom stereocenters. The van der Waals surface area contributed by atoms with Gasteiger partial charge in [0.15, 0.2) is 0 Å². The van der Waals surface area contributed by atoms with Gasteiger partial charge in [-0.3, -0.25) is 24.2 Å². The van der Waals surface area contributed by atoms with Crippen molar-refractivity contribution in [1.29, 1.82) is 5.26 Å². The molecule has 2 aromatic carbocycles. The lowest BCUT2D eigenvalue weighted by molar-refractivity contribution is -0.127. The third-order valence-corrected chi connectivity index (χ3v) is 11.3. The minimum Gasteiger partial charge on any atom is -0.496 e. The first kappa shape index (κ1) is 40.2. The van der Waals surface area contributed by atoms with Crippen molar-refractivity contribution in [2.75, 3.05) is 66.6 Å². The number of nitriles is 1. The highest BCUT2D eigenvalue weighted by Crippen LogP contribution is 2.38. The molecule has 0 radical (unpaired) electrons. The molecule has 6 rings (SSSR count). The Morgan fingerprint density at radius 1 is 1.04 bits per heavy atom. The van der Waals surface area contributed by atoms with Crippen LogP contribution in [0.3, 0.4) is 0 Å². The molecule has 2 fully saturated rings. The molecule has 2 saturated heterocycles. The van der Waals surface area contributed by atoms with E-state index >= 15 is 0 Å². The van der Waals surface area contributed by atoms with E-state index in [4.69, 9.17) is 14.2 Å². The van der Waals surface area contributed by atoms with Crippen LogP contribution in [0.4, 0.5) is 0 Å². The average molecular weight is 780 g/mol. The minimum absolute atomic E-state index is 0.0109. The average Bonchev–Trinajstić information content (AvgIpc) is 3.93. The highest BCUT2D eigenvalue weighted by molar-refractivity contribution is 7.10. The zero-order valence-electron chi connectivity index (χ0n) is 32.7.